The summed E-state index contributed by atoms with van der Waals surface area (Å²) in [5.41, 5.74) is 3.49. The predicted molar refractivity (Wildman–Crippen MR) is 228 cm³/mol. The maximum atomic E-state index is 13.3. The van der Waals surface area contributed by atoms with Gasteiger partial charge in [0.25, 0.3) is 0 Å². The maximum Gasteiger partial charge on any atom is 0.408 e. The van der Waals surface area contributed by atoms with Crippen LogP contribution in [0.15, 0.2) is 108 Å². The number of nitrogens with one attached hydrogen (secondary N) is 3. The number of H-pyrrole nitrogens is 1. The van der Waals surface area contributed by atoms with Crippen molar-refractivity contribution in [1.82, 2.24) is 20.5 Å². The van der Waals surface area contributed by atoms with Crippen molar-refractivity contribution in [2.75, 3.05) is 39.3 Å². The van der Waals surface area contributed by atoms with Gasteiger partial charge in [-0.25, -0.2) is 9.59 Å². The quantitative estimate of drug-likeness (QED) is 0.0687. The Balaban J connectivity index is 0.771. The summed E-state index contributed by atoms with van der Waals surface area (Å²) in [5, 5.41) is 28.2. The van der Waals surface area contributed by atoms with E-state index in [9.17, 15) is 24.6 Å². The first-order chi connectivity index (χ1) is 29.2. The van der Waals surface area contributed by atoms with Crippen molar-refractivity contribution >= 4 is 23.0 Å². The number of carbonyl (C=O) groups is 2. The van der Waals surface area contributed by atoms with E-state index in [1.165, 1.54) is 12.1 Å². The number of pyridine rings is 1. The van der Waals surface area contributed by atoms with Crippen LogP contribution in [0.2, 0.25) is 0 Å². The highest BCUT2D eigenvalue weighted by Crippen LogP contribution is 2.36. The van der Waals surface area contributed by atoms with Crippen molar-refractivity contribution in [1.29, 1.82) is 0 Å². The number of aromatic nitrogens is 1. The molecule has 4 fully saturated rings. The SMILES string of the molecule is O=C(NC(c1ccccc1)c1cccc(OCc2ccc(C(=O)OCC3CCC(CNCC(O)c4ccc(O)c5[nH]c(=O)ccc45)CC3)cc2)c1)OC12CCN(CC1)CC2. The fourth-order valence-electron chi connectivity index (χ4n) is 8.95. The van der Waals surface area contributed by atoms with Crippen molar-refractivity contribution in [2.24, 2.45) is 11.8 Å². The zero-order valence-corrected chi connectivity index (χ0v) is 33.8. The molecule has 2 unspecified atom stereocenters. The van der Waals surface area contributed by atoms with E-state index in [1.807, 2.05) is 66.7 Å². The molecule has 1 saturated carbocycles. The largest absolute Gasteiger partial charge is 0.506 e. The minimum atomic E-state index is -0.797. The first kappa shape index (κ1) is 41.1. The molecule has 0 spiro atoms. The van der Waals surface area contributed by atoms with Gasteiger partial charge in [-0.2, -0.15) is 0 Å². The number of piperidine rings is 3. The number of amides is 1. The van der Waals surface area contributed by atoms with E-state index in [0.717, 1.165) is 87.8 Å². The average molecular weight is 815 g/mol. The Kier molecular flexibility index (Phi) is 12.8. The second-order valence-corrected chi connectivity index (χ2v) is 16.7. The molecule has 9 rings (SSSR count). The lowest BCUT2D eigenvalue weighted by Gasteiger charge is -2.47. The number of aromatic amines is 1. The fraction of sp³-hybridized carbons (Fsp3) is 0.396. The molecule has 2 bridgehead atoms. The molecule has 4 aromatic carbocycles. The van der Waals surface area contributed by atoms with E-state index in [0.29, 0.717) is 59.4 Å². The standard InChI is InChI=1S/C48H54N4O8/c53-41-19-17-39(40-18-20-43(55)50-45(40)41)42(54)29-49-28-32-9-11-33(12-10-32)31-59-46(56)36-15-13-34(14-16-36)30-58-38-8-4-7-37(27-38)44(35-5-2-1-3-6-35)51-47(57)60-48-21-24-52(25-22-48)26-23-48/h1-8,13-20,27,32-33,42,44,49,53-54H,9-12,21-26,28-31H2,(H,50,55)(H,51,57). The Morgan fingerprint density at radius 1 is 0.833 bits per heavy atom. The number of rotatable bonds is 15. The molecule has 0 radical (unpaired) electrons. The van der Waals surface area contributed by atoms with Crippen molar-refractivity contribution in [3.05, 3.63) is 141 Å². The van der Waals surface area contributed by atoms with Crippen LogP contribution in [0, 0.1) is 11.8 Å². The monoisotopic (exact) mass is 814 g/mol. The molecule has 2 atom stereocenters. The summed E-state index contributed by atoms with van der Waals surface area (Å²) in [6.07, 6.45) is 5.33. The van der Waals surface area contributed by atoms with Gasteiger partial charge in [0.05, 0.1) is 29.8 Å². The molecule has 60 heavy (non-hydrogen) atoms. The summed E-state index contributed by atoms with van der Waals surface area (Å²) in [4.78, 5) is 43.1. The number of aliphatic hydroxyl groups is 1. The molecular weight excluding hydrogens is 761 g/mol. The number of phenols is 1. The lowest BCUT2D eigenvalue weighted by atomic mass is 9.82. The van der Waals surface area contributed by atoms with E-state index in [1.54, 1.807) is 24.3 Å². The Bertz CT molecular complexity index is 2290. The van der Waals surface area contributed by atoms with Crippen LogP contribution >= 0.6 is 0 Å². The molecular formula is C48H54N4O8. The maximum absolute atomic E-state index is 13.3. The minimum Gasteiger partial charge on any atom is -0.506 e. The van der Waals surface area contributed by atoms with Gasteiger partial charge in [0.2, 0.25) is 5.56 Å². The second-order valence-electron chi connectivity index (χ2n) is 16.7. The van der Waals surface area contributed by atoms with Gasteiger partial charge in [-0.05, 0) is 103 Å². The van der Waals surface area contributed by atoms with E-state index in [-0.39, 0.29) is 22.9 Å². The Labute approximate surface area is 349 Å². The molecule has 12 nitrogen and oxygen atoms in total. The first-order valence-electron chi connectivity index (χ1n) is 21.2. The highest BCUT2D eigenvalue weighted by Gasteiger charge is 2.43. The second kappa shape index (κ2) is 18.7. The molecule has 4 heterocycles. The van der Waals surface area contributed by atoms with Gasteiger partial charge < -0.3 is 44.9 Å². The van der Waals surface area contributed by atoms with Crippen LogP contribution in [0.5, 0.6) is 11.5 Å². The highest BCUT2D eigenvalue weighted by molar-refractivity contribution is 5.89. The third-order valence-electron chi connectivity index (χ3n) is 12.6. The van der Waals surface area contributed by atoms with Gasteiger partial charge in [-0.3, -0.25) is 4.79 Å². The molecule has 12 heteroatoms. The third kappa shape index (κ3) is 10.0. The summed E-state index contributed by atoms with van der Waals surface area (Å²) in [6, 6.07) is 30.7. The smallest absolute Gasteiger partial charge is 0.408 e. The molecule has 3 saturated heterocycles. The van der Waals surface area contributed by atoms with Crippen LogP contribution in [0.25, 0.3) is 10.9 Å². The summed E-state index contributed by atoms with van der Waals surface area (Å²) in [6.45, 7) is 4.70. The molecule has 314 valence electrons. The summed E-state index contributed by atoms with van der Waals surface area (Å²) < 4.78 is 18.1. The van der Waals surface area contributed by atoms with Crippen molar-refractivity contribution in [2.45, 2.75) is 69.3 Å². The number of phenolic OH excluding ortho intramolecular Hbond substituents is 1. The van der Waals surface area contributed by atoms with Crippen LogP contribution in [-0.4, -0.2) is 77.1 Å². The van der Waals surface area contributed by atoms with E-state index >= 15 is 0 Å². The Morgan fingerprint density at radius 3 is 2.30 bits per heavy atom. The third-order valence-corrected chi connectivity index (χ3v) is 12.6. The van der Waals surface area contributed by atoms with Crippen LogP contribution < -0.4 is 20.9 Å². The number of esters is 1. The number of aromatic hydroxyl groups is 1. The number of alkyl carbamates (subject to hydrolysis) is 1. The van der Waals surface area contributed by atoms with Crippen molar-refractivity contribution in [3.8, 4) is 11.5 Å². The van der Waals surface area contributed by atoms with Gasteiger partial charge in [0.1, 0.15) is 23.7 Å². The van der Waals surface area contributed by atoms with Gasteiger partial charge in [-0.15, -0.1) is 0 Å². The number of ether oxygens (including phenoxy) is 3. The van der Waals surface area contributed by atoms with Crippen LogP contribution in [0.4, 0.5) is 4.79 Å². The Hall–Kier alpha value is -5.69. The van der Waals surface area contributed by atoms with E-state index in [4.69, 9.17) is 14.2 Å². The summed E-state index contributed by atoms with van der Waals surface area (Å²) in [5.74, 6) is 1.05. The van der Waals surface area contributed by atoms with Crippen molar-refractivity contribution in [3.63, 3.8) is 0 Å². The number of hydrogen-bond donors (Lipinski definition) is 5. The van der Waals surface area contributed by atoms with E-state index in [2.05, 4.69) is 20.5 Å². The highest BCUT2D eigenvalue weighted by atomic mass is 16.6. The average Bonchev–Trinajstić information content (AvgIpc) is 3.28. The molecule has 1 aliphatic carbocycles. The minimum absolute atomic E-state index is 0.0319. The van der Waals surface area contributed by atoms with Gasteiger partial charge in [0.15, 0.2) is 0 Å². The molecule has 1 amide bonds. The molecule has 5 aromatic rings. The summed E-state index contributed by atoms with van der Waals surface area (Å²) in [7, 11) is 0. The fourth-order valence-corrected chi connectivity index (χ4v) is 8.95. The number of benzene rings is 4. The van der Waals surface area contributed by atoms with Crippen molar-refractivity contribution < 1.29 is 34.0 Å². The normalized spacial score (nSPS) is 22.1. The molecule has 1 aromatic heterocycles. The van der Waals surface area contributed by atoms with Gasteiger partial charge in [-0.1, -0.05) is 60.7 Å². The lowest BCUT2D eigenvalue weighted by Crippen LogP contribution is -2.55. The van der Waals surface area contributed by atoms with Crippen LogP contribution in [0.1, 0.15) is 89.7 Å². The number of fused-ring (bicyclic) bond motifs is 4. The Morgan fingerprint density at radius 2 is 1.55 bits per heavy atom. The zero-order chi connectivity index (χ0) is 41.5. The molecule has 4 aliphatic rings. The van der Waals surface area contributed by atoms with Gasteiger partial charge in [0, 0.05) is 56.9 Å². The predicted octanol–water partition coefficient (Wildman–Crippen LogP) is 7.15. The number of nitrogens with zero attached hydrogens (tertiary/aromatic N) is 1. The lowest BCUT2D eigenvalue weighted by molar-refractivity contribution is -0.0789. The van der Waals surface area contributed by atoms with Gasteiger partial charge >= 0.3 is 12.1 Å². The zero-order valence-electron chi connectivity index (χ0n) is 33.8. The topological polar surface area (TPSA) is 162 Å². The van der Waals surface area contributed by atoms with Crippen LogP contribution in [-0.2, 0) is 16.1 Å². The number of hydrogen-bond acceptors (Lipinski definition) is 10. The number of aliphatic hydroxyl groups excluding tert-OH is 1. The molecule has 5 N–H and O–H groups in total. The first-order valence-corrected chi connectivity index (χ1v) is 21.2. The van der Waals surface area contributed by atoms with Crippen LogP contribution in [0.3, 0.4) is 0 Å². The number of carbonyl (C=O) groups excluding carboxylic acids is 2. The molecule has 3 aliphatic heterocycles. The van der Waals surface area contributed by atoms with E-state index < -0.39 is 18.2 Å². The summed E-state index contributed by atoms with van der Waals surface area (Å²) >= 11 is 0.